The quantitative estimate of drug-likeness (QED) is 0.908. The molecule has 1 unspecified atom stereocenters. The number of carbonyl (C=O) groups excluding carboxylic acids is 1. The Bertz CT molecular complexity index is 625. The highest BCUT2D eigenvalue weighted by atomic mass is 32.1. The summed E-state index contributed by atoms with van der Waals surface area (Å²) in [6.07, 6.45) is 1.77. The second kappa shape index (κ2) is 5.92. The Hall–Kier alpha value is -2.08. The number of nitrogens with one attached hydrogen (secondary N) is 1. The van der Waals surface area contributed by atoms with Crippen LogP contribution in [0.2, 0.25) is 0 Å². The molecule has 1 amide bonds. The largest absolute Gasteiger partial charge is 0.507 e. The molecule has 1 aromatic heterocycles. The van der Waals surface area contributed by atoms with Crippen LogP contribution >= 0.6 is 11.3 Å². The number of benzene rings is 1. The van der Waals surface area contributed by atoms with E-state index in [1.54, 1.807) is 12.3 Å². The van der Waals surface area contributed by atoms with E-state index < -0.39 is 0 Å². The number of ether oxygens (including phenoxy) is 1. The van der Waals surface area contributed by atoms with E-state index in [0.29, 0.717) is 5.75 Å². The average molecular weight is 292 g/mol. The van der Waals surface area contributed by atoms with Gasteiger partial charge >= 0.3 is 0 Å². The molecule has 0 radical (unpaired) electrons. The molecule has 2 N–H and O–H groups in total. The molecule has 0 spiro atoms. The monoisotopic (exact) mass is 292 g/mol. The molecule has 6 heteroatoms. The third-order valence-corrected chi connectivity index (χ3v) is 3.90. The van der Waals surface area contributed by atoms with Crippen LogP contribution < -0.4 is 10.1 Å². The van der Waals surface area contributed by atoms with Gasteiger partial charge in [-0.05, 0) is 32.0 Å². The van der Waals surface area contributed by atoms with Crippen LogP contribution in [-0.4, -0.2) is 23.1 Å². The molecule has 0 bridgehead atoms. The number of phenols is 1. The SMILES string of the molecule is COc1ccc(O)c(C(=O)NC(C)c2ncc(C)s2)c1. The van der Waals surface area contributed by atoms with Gasteiger partial charge in [0.1, 0.15) is 16.5 Å². The first kappa shape index (κ1) is 14.3. The summed E-state index contributed by atoms with van der Waals surface area (Å²) >= 11 is 1.53. The molecule has 0 aliphatic heterocycles. The molecule has 0 aliphatic rings. The first-order valence-corrected chi connectivity index (χ1v) is 6.93. The zero-order valence-corrected chi connectivity index (χ0v) is 12.3. The van der Waals surface area contributed by atoms with E-state index in [1.165, 1.54) is 30.6 Å². The van der Waals surface area contributed by atoms with Gasteiger partial charge < -0.3 is 15.2 Å². The van der Waals surface area contributed by atoms with E-state index in [2.05, 4.69) is 10.3 Å². The molecule has 1 heterocycles. The number of aromatic nitrogens is 1. The van der Waals surface area contributed by atoms with Gasteiger partial charge in [0, 0.05) is 11.1 Å². The zero-order valence-electron chi connectivity index (χ0n) is 11.5. The van der Waals surface area contributed by atoms with Crippen molar-refractivity contribution in [1.29, 1.82) is 0 Å². The molecule has 1 aromatic carbocycles. The second-order valence-corrected chi connectivity index (χ2v) is 5.65. The summed E-state index contributed by atoms with van der Waals surface area (Å²) in [5.41, 5.74) is 0.185. The number of phenolic OH excluding ortho intramolecular Hbond substituents is 1. The summed E-state index contributed by atoms with van der Waals surface area (Å²) in [4.78, 5) is 17.5. The highest BCUT2D eigenvalue weighted by Gasteiger charge is 2.17. The van der Waals surface area contributed by atoms with E-state index in [0.717, 1.165) is 9.88 Å². The molecule has 20 heavy (non-hydrogen) atoms. The first-order valence-electron chi connectivity index (χ1n) is 6.11. The molecular formula is C14H16N2O3S. The fourth-order valence-corrected chi connectivity index (χ4v) is 2.51. The van der Waals surface area contributed by atoms with Gasteiger partial charge in [-0.2, -0.15) is 0 Å². The molecule has 0 fully saturated rings. The van der Waals surface area contributed by atoms with Gasteiger partial charge in [-0.15, -0.1) is 11.3 Å². The van der Waals surface area contributed by atoms with Gasteiger partial charge in [-0.1, -0.05) is 0 Å². The molecule has 2 rings (SSSR count). The number of methoxy groups -OCH3 is 1. The fraction of sp³-hybridized carbons (Fsp3) is 0.286. The van der Waals surface area contributed by atoms with Crippen molar-refractivity contribution in [2.45, 2.75) is 19.9 Å². The van der Waals surface area contributed by atoms with Crippen LogP contribution in [0.5, 0.6) is 11.5 Å². The number of rotatable bonds is 4. The van der Waals surface area contributed by atoms with Crippen molar-refractivity contribution in [2.75, 3.05) is 7.11 Å². The standard InChI is InChI=1S/C14H16N2O3S/c1-8-7-15-14(20-8)9(2)16-13(18)11-6-10(19-3)4-5-12(11)17/h4-7,9,17H,1-3H3,(H,16,18). The Morgan fingerprint density at radius 1 is 1.50 bits per heavy atom. The minimum Gasteiger partial charge on any atom is -0.507 e. The maximum absolute atomic E-state index is 12.2. The van der Waals surface area contributed by atoms with E-state index in [-0.39, 0.29) is 23.3 Å². The second-order valence-electron chi connectivity index (χ2n) is 4.39. The average Bonchev–Trinajstić information content (AvgIpc) is 2.86. The predicted octanol–water partition coefficient (Wildman–Crippen LogP) is 2.66. The Kier molecular flexibility index (Phi) is 4.24. The van der Waals surface area contributed by atoms with Crippen molar-refractivity contribution >= 4 is 17.2 Å². The normalized spacial score (nSPS) is 11.9. The summed E-state index contributed by atoms with van der Waals surface area (Å²) in [7, 11) is 1.51. The van der Waals surface area contributed by atoms with Crippen LogP contribution in [-0.2, 0) is 0 Å². The Labute approximate surface area is 121 Å². The molecule has 1 atom stereocenters. The summed E-state index contributed by atoms with van der Waals surface area (Å²) in [5.74, 6) is 0.0817. The van der Waals surface area contributed by atoms with Gasteiger partial charge in [-0.25, -0.2) is 4.98 Å². The van der Waals surface area contributed by atoms with Gasteiger partial charge in [0.2, 0.25) is 0 Å². The van der Waals surface area contributed by atoms with Crippen molar-refractivity contribution < 1.29 is 14.6 Å². The van der Waals surface area contributed by atoms with Gasteiger partial charge in [-0.3, -0.25) is 4.79 Å². The van der Waals surface area contributed by atoms with Crippen molar-refractivity contribution in [1.82, 2.24) is 10.3 Å². The predicted molar refractivity (Wildman–Crippen MR) is 77.4 cm³/mol. The van der Waals surface area contributed by atoms with E-state index in [9.17, 15) is 9.90 Å². The Morgan fingerprint density at radius 2 is 2.25 bits per heavy atom. The van der Waals surface area contributed by atoms with E-state index in [4.69, 9.17) is 4.74 Å². The third kappa shape index (κ3) is 3.08. The van der Waals surface area contributed by atoms with Crippen LogP contribution in [0.25, 0.3) is 0 Å². The lowest BCUT2D eigenvalue weighted by Crippen LogP contribution is -2.26. The van der Waals surface area contributed by atoms with Gasteiger partial charge in [0.15, 0.2) is 0 Å². The zero-order chi connectivity index (χ0) is 14.7. The Morgan fingerprint density at radius 3 is 2.85 bits per heavy atom. The number of carbonyl (C=O) groups is 1. The fourth-order valence-electron chi connectivity index (χ4n) is 1.73. The van der Waals surface area contributed by atoms with E-state index in [1.807, 2.05) is 13.8 Å². The third-order valence-electron chi connectivity index (χ3n) is 2.81. The number of nitrogens with zero attached hydrogens (tertiary/aromatic N) is 1. The number of thiazole rings is 1. The van der Waals surface area contributed by atoms with E-state index >= 15 is 0 Å². The van der Waals surface area contributed by atoms with Gasteiger partial charge in [0.05, 0.1) is 18.7 Å². The first-order chi connectivity index (χ1) is 9.51. The van der Waals surface area contributed by atoms with Crippen LogP contribution in [0.15, 0.2) is 24.4 Å². The van der Waals surface area contributed by atoms with Crippen molar-refractivity contribution in [3.05, 3.63) is 39.8 Å². The van der Waals surface area contributed by atoms with Crippen LogP contribution in [0, 0.1) is 6.92 Å². The summed E-state index contributed by atoms with van der Waals surface area (Å²) in [6, 6.07) is 4.32. The van der Waals surface area contributed by atoms with Crippen molar-refractivity contribution in [3.63, 3.8) is 0 Å². The lowest BCUT2D eigenvalue weighted by Gasteiger charge is -2.12. The molecule has 0 saturated carbocycles. The number of hydrogen-bond acceptors (Lipinski definition) is 5. The number of hydrogen-bond donors (Lipinski definition) is 2. The molecule has 0 aliphatic carbocycles. The van der Waals surface area contributed by atoms with Crippen LogP contribution in [0.4, 0.5) is 0 Å². The van der Waals surface area contributed by atoms with Crippen molar-refractivity contribution in [2.24, 2.45) is 0 Å². The summed E-state index contributed by atoms with van der Waals surface area (Å²) in [5, 5.41) is 13.4. The molecular weight excluding hydrogens is 276 g/mol. The summed E-state index contributed by atoms with van der Waals surface area (Å²) in [6.45, 7) is 3.82. The molecule has 2 aromatic rings. The number of amides is 1. The topological polar surface area (TPSA) is 71.5 Å². The van der Waals surface area contributed by atoms with Crippen LogP contribution in [0.3, 0.4) is 0 Å². The highest BCUT2D eigenvalue weighted by Crippen LogP contribution is 2.24. The smallest absolute Gasteiger partial charge is 0.255 e. The number of aryl methyl sites for hydroxylation is 1. The number of aromatic hydroxyl groups is 1. The molecule has 0 saturated heterocycles. The lowest BCUT2D eigenvalue weighted by atomic mass is 10.1. The Balaban J connectivity index is 2.15. The maximum Gasteiger partial charge on any atom is 0.255 e. The minimum atomic E-state index is -0.359. The lowest BCUT2D eigenvalue weighted by molar-refractivity contribution is 0.0937. The highest BCUT2D eigenvalue weighted by molar-refractivity contribution is 7.11. The minimum absolute atomic E-state index is 0.0779. The van der Waals surface area contributed by atoms with Crippen LogP contribution in [0.1, 0.15) is 33.2 Å². The molecule has 106 valence electrons. The van der Waals surface area contributed by atoms with Crippen molar-refractivity contribution in [3.8, 4) is 11.5 Å². The van der Waals surface area contributed by atoms with Gasteiger partial charge in [0.25, 0.3) is 5.91 Å². The maximum atomic E-state index is 12.2. The summed E-state index contributed by atoms with van der Waals surface area (Å²) < 4.78 is 5.05. The molecule has 5 nitrogen and oxygen atoms in total.